The molecule has 0 aromatic heterocycles. The van der Waals surface area contributed by atoms with Gasteiger partial charge in [-0.2, -0.15) is 0 Å². The smallest absolute Gasteiger partial charge is 0.243 e. The van der Waals surface area contributed by atoms with Crippen LogP contribution in [-0.2, 0) is 9.59 Å². The summed E-state index contributed by atoms with van der Waals surface area (Å²) in [4.78, 5) is 23.3. The Bertz CT molecular complexity index is 697. The van der Waals surface area contributed by atoms with E-state index in [1.807, 2.05) is 31.2 Å². The molecule has 132 valence electrons. The maximum absolute atomic E-state index is 12.0. The van der Waals surface area contributed by atoms with Crippen molar-refractivity contribution in [2.45, 2.75) is 20.3 Å². The van der Waals surface area contributed by atoms with Crippen LogP contribution < -0.4 is 20.7 Å². The molecule has 0 fully saturated rings. The number of carbonyl (C=O) groups excluding carboxylic acids is 2. The third-order valence-electron chi connectivity index (χ3n) is 3.39. The Labute approximate surface area is 147 Å². The molecule has 0 unspecified atom stereocenters. The molecule has 6 nitrogen and oxygen atoms in total. The van der Waals surface area contributed by atoms with E-state index in [-0.39, 0.29) is 18.4 Å². The summed E-state index contributed by atoms with van der Waals surface area (Å²) in [6, 6.07) is 14.4. The van der Waals surface area contributed by atoms with Gasteiger partial charge >= 0.3 is 0 Å². The lowest BCUT2D eigenvalue weighted by Gasteiger charge is -2.10. The molecule has 0 atom stereocenters. The van der Waals surface area contributed by atoms with Crippen LogP contribution in [0.15, 0.2) is 48.5 Å². The highest BCUT2D eigenvalue weighted by Gasteiger charge is 2.04. The highest BCUT2D eigenvalue weighted by molar-refractivity contribution is 5.94. The molecule has 2 aromatic carbocycles. The Hall–Kier alpha value is -3.02. The molecular weight excluding hydrogens is 318 g/mol. The first-order valence-corrected chi connectivity index (χ1v) is 8.27. The fraction of sp³-hybridized carbons (Fsp3) is 0.263. The lowest BCUT2D eigenvalue weighted by Crippen LogP contribution is -2.21. The molecule has 25 heavy (non-hydrogen) atoms. The molecule has 0 aliphatic heterocycles. The summed E-state index contributed by atoms with van der Waals surface area (Å²) in [6.45, 7) is 4.48. The van der Waals surface area contributed by atoms with Crippen molar-refractivity contribution in [2.24, 2.45) is 0 Å². The van der Waals surface area contributed by atoms with E-state index in [9.17, 15) is 9.59 Å². The van der Waals surface area contributed by atoms with Gasteiger partial charge < -0.3 is 20.7 Å². The van der Waals surface area contributed by atoms with Gasteiger partial charge in [0.05, 0.1) is 13.2 Å². The second-order valence-electron chi connectivity index (χ2n) is 5.34. The summed E-state index contributed by atoms with van der Waals surface area (Å²) in [6.07, 6.45) is 0.436. The standard InChI is InChI=1S/C19H23N3O3/c1-3-18(23)21-15-7-5-14(6-8-15)20-13-19(24)22-16-9-11-17(12-10-16)25-4-2/h5-12,20H,3-4,13H2,1-2H3,(H,21,23)(H,22,24). The first-order chi connectivity index (χ1) is 12.1. The van der Waals surface area contributed by atoms with Crippen molar-refractivity contribution in [3.05, 3.63) is 48.5 Å². The van der Waals surface area contributed by atoms with Crippen LogP contribution in [0.25, 0.3) is 0 Å². The quantitative estimate of drug-likeness (QED) is 0.687. The molecule has 0 saturated heterocycles. The largest absolute Gasteiger partial charge is 0.494 e. The summed E-state index contributed by atoms with van der Waals surface area (Å²) >= 11 is 0. The molecule has 2 rings (SSSR count). The lowest BCUT2D eigenvalue weighted by atomic mass is 10.2. The van der Waals surface area contributed by atoms with Gasteiger partial charge in [0.2, 0.25) is 11.8 Å². The molecule has 0 bridgehead atoms. The van der Waals surface area contributed by atoms with Crippen LogP contribution in [-0.4, -0.2) is 25.0 Å². The fourth-order valence-electron chi connectivity index (χ4n) is 2.11. The molecule has 2 aromatic rings. The van der Waals surface area contributed by atoms with Crippen LogP contribution in [0, 0.1) is 0 Å². The van der Waals surface area contributed by atoms with Crippen LogP contribution >= 0.6 is 0 Å². The van der Waals surface area contributed by atoms with E-state index in [1.165, 1.54) is 0 Å². The van der Waals surface area contributed by atoms with Crippen molar-refractivity contribution in [1.82, 2.24) is 0 Å². The van der Waals surface area contributed by atoms with Gasteiger partial charge in [0.15, 0.2) is 0 Å². The summed E-state index contributed by atoms with van der Waals surface area (Å²) in [5, 5.41) is 8.63. The second-order valence-corrected chi connectivity index (χ2v) is 5.34. The van der Waals surface area contributed by atoms with Gasteiger partial charge in [-0.05, 0) is 55.5 Å². The second kappa shape index (κ2) is 9.32. The molecule has 0 heterocycles. The number of hydrogen-bond donors (Lipinski definition) is 3. The van der Waals surface area contributed by atoms with Crippen molar-refractivity contribution in [3.8, 4) is 5.75 Å². The maximum Gasteiger partial charge on any atom is 0.243 e. The van der Waals surface area contributed by atoms with Crippen LogP contribution in [0.2, 0.25) is 0 Å². The number of ether oxygens (including phenoxy) is 1. The van der Waals surface area contributed by atoms with E-state index in [0.29, 0.717) is 18.7 Å². The highest BCUT2D eigenvalue weighted by atomic mass is 16.5. The zero-order valence-corrected chi connectivity index (χ0v) is 14.5. The zero-order chi connectivity index (χ0) is 18.1. The van der Waals surface area contributed by atoms with E-state index in [2.05, 4.69) is 16.0 Å². The Balaban J connectivity index is 1.80. The number of carbonyl (C=O) groups is 2. The monoisotopic (exact) mass is 341 g/mol. The van der Waals surface area contributed by atoms with Gasteiger partial charge in [-0.3, -0.25) is 9.59 Å². The molecule has 0 spiro atoms. The SMILES string of the molecule is CCOc1ccc(NC(=O)CNc2ccc(NC(=O)CC)cc2)cc1. The summed E-state index contributed by atoms with van der Waals surface area (Å²) < 4.78 is 5.36. The Morgan fingerprint density at radius 1 is 0.800 bits per heavy atom. The first kappa shape index (κ1) is 18.3. The zero-order valence-electron chi connectivity index (χ0n) is 14.5. The number of nitrogens with one attached hydrogen (secondary N) is 3. The van der Waals surface area contributed by atoms with Gasteiger partial charge in [-0.15, -0.1) is 0 Å². The number of benzene rings is 2. The van der Waals surface area contributed by atoms with E-state index in [1.54, 1.807) is 31.2 Å². The minimum atomic E-state index is -0.146. The van der Waals surface area contributed by atoms with Crippen molar-refractivity contribution in [2.75, 3.05) is 29.1 Å². The normalized spacial score (nSPS) is 10.0. The third kappa shape index (κ3) is 6.18. The van der Waals surface area contributed by atoms with Gasteiger partial charge in [-0.1, -0.05) is 6.92 Å². The maximum atomic E-state index is 12.0. The molecule has 0 saturated carbocycles. The molecule has 6 heteroatoms. The van der Waals surface area contributed by atoms with E-state index < -0.39 is 0 Å². The minimum Gasteiger partial charge on any atom is -0.494 e. The van der Waals surface area contributed by atoms with E-state index in [0.717, 1.165) is 17.1 Å². The van der Waals surface area contributed by atoms with Crippen LogP contribution in [0.1, 0.15) is 20.3 Å². The number of rotatable bonds is 8. The van der Waals surface area contributed by atoms with Gasteiger partial charge in [0, 0.05) is 23.5 Å². The van der Waals surface area contributed by atoms with Crippen molar-refractivity contribution in [3.63, 3.8) is 0 Å². The van der Waals surface area contributed by atoms with Gasteiger partial charge in [0.25, 0.3) is 0 Å². The van der Waals surface area contributed by atoms with E-state index >= 15 is 0 Å². The summed E-state index contributed by atoms with van der Waals surface area (Å²) in [7, 11) is 0. The van der Waals surface area contributed by atoms with E-state index in [4.69, 9.17) is 4.74 Å². The molecule has 0 radical (unpaired) electrons. The lowest BCUT2D eigenvalue weighted by molar-refractivity contribution is -0.116. The van der Waals surface area contributed by atoms with Crippen molar-refractivity contribution in [1.29, 1.82) is 0 Å². The predicted octanol–water partition coefficient (Wildman–Crippen LogP) is 3.48. The Kier molecular flexibility index (Phi) is 6.83. The average molecular weight is 341 g/mol. The molecular formula is C19H23N3O3. The van der Waals surface area contributed by atoms with Crippen molar-refractivity contribution >= 4 is 28.9 Å². The Morgan fingerprint density at radius 2 is 1.32 bits per heavy atom. The summed E-state index contributed by atoms with van der Waals surface area (Å²) in [5.41, 5.74) is 2.25. The summed E-state index contributed by atoms with van der Waals surface area (Å²) in [5.74, 6) is 0.594. The Morgan fingerprint density at radius 3 is 1.88 bits per heavy atom. The molecule has 3 N–H and O–H groups in total. The fourth-order valence-corrected chi connectivity index (χ4v) is 2.11. The van der Waals surface area contributed by atoms with Gasteiger partial charge in [0.1, 0.15) is 5.75 Å². The van der Waals surface area contributed by atoms with Gasteiger partial charge in [-0.25, -0.2) is 0 Å². The number of anilines is 3. The number of hydrogen-bond acceptors (Lipinski definition) is 4. The third-order valence-corrected chi connectivity index (χ3v) is 3.39. The average Bonchev–Trinajstić information content (AvgIpc) is 2.63. The molecule has 2 amide bonds. The highest BCUT2D eigenvalue weighted by Crippen LogP contribution is 2.16. The van der Waals surface area contributed by atoms with Crippen LogP contribution in [0.3, 0.4) is 0 Å². The minimum absolute atomic E-state index is 0.0320. The van der Waals surface area contributed by atoms with Crippen molar-refractivity contribution < 1.29 is 14.3 Å². The predicted molar refractivity (Wildman–Crippen MR) is 100 cm³/mol. The molecule has 0 aliphatic carbocycles. The first-order valence-electron chi connectivity index (χ1n) is 8.27. The molecule has 0 aliphatic rings. The van der Waals surface area contributed by atoms with Crippen LogP contribution in [0.4, 0.5) is 17.1 Å². The topological polar surface area (TPSA) is 79.5 Å². The van der Waals surface area contributed by atoms with Crippen LogP contribution in [0.5, 0.6) is 5.75 Å². The number of amides is 2.